The summed E-state index contributed by atoms with van der Waals surface area (Å²) in [6, 6.07) is -0.0684. The van der Waals surface area contributed by atoms with Gasteiger partial charge in [0.1, 0.15) is 0 Å². The van der Waals surface area contributed by atoms with Gasteiger partial charge in [-0.3, -0.25) is 0 Å². The molecule has 1 saturated heterocycles. The van der Waals surface area contributed by atoms with E-state index in [1.807, 2.05) is 0 Å². The van der Waals surface area contributed by atoms with Gasteiger partial charge >= 0.3 is 0 Å². The van der Waals surface area contributed by atoms with E-state index in [1.165, 1.54) is 0 Å². The summed E-state index contributed by atoms with van der Waals surface area (Å²) < 4.78 is 0. The van der Waals surface area contributed by atoms with Gasteiger partial charge in [0, 0.05) is 13.1 Å². The SMILES string of the molecule is CCN1CC[C@H](O)[C@@H](Nc2nnc(Cl)c(C)n2)C1. The quantitative estimate of drug-likeness (QED) is 0.843. The van der Waals surface area contributed by atoms with E-state index < -0.39 is 0 Å². The number of aryl methyl sites for hydroxylation is 1. The molecular formula is C11H18ClN5O. The predicted molar refractivity (Wildman–Crippen MR) is 69.7 cm³/mol. The summed E-state index contributed by atoms with van der Waals surface area (Å²) in [4.78, 5) is 6.48. The molecule has 2 heterocycles. The molecule has 0 amide bonds. The first kappa shape index (κ1) is 13.5. The zero-order valence-corrected chi connectivity index (χ0v) is 11.4. The number of aromatic nitrogens is 3. The highest BCUT2D eigenvalue weighted by molar-refractivity contribution is 6.29. The lowest BCUT2D eigenvalue weighted by molar-refractivity contribution is 0.0720. The highest BCUT2D eigenvalue weighted by Crippen LogP contribution is 2.15. The Morgan fingerprint density at radius 1 is 1.50 bits per heavy atom. The maximum absolute atomic E-state index is 9.98. The topological polar surface area (TPSA) is 74.2 Å². The smallest absolute Gasteiger partial charge is 0.243 e. The van der Waals surface area contributed by atoms with Crippen molar-refractivity contribution in [1.29, 1.82) is 0 Å². The van der Waals surface area contributed by atoms with Gasteiger partial charge in [-0.25, -0.2) is 4.98 Å². The number of hydrogen-bond acceptors (Lipinski definition) is 6. The Balaban J connectivity index is 2.04. The molecule has 0 unspecified atom stereocenters. The third-order valence-corrected chi connectivity index (χ3v) is 3.58. The Kier molecular flexibility index (Phi) is 4.31. The van der Waals surface area contributed by atoms with Crippen LogP contribution in [0.5, 0.6) is 0 Å². The number of nitrogens with zero attached hydrogens (tertiary/aromatic N) is 4. The molecule has 0 aromatic carbocycles. The zero-order valence-electron chi connectivity index (χ0n) is 10.6. The van der Waals surface area contributed by atoms with Crippen LogP contribution in [0.4, 0.5) is 5.95 Å². The third-order valence-electron chi connectivity index (χ3n) is 3.23. The molecular weight excluding hydrogens is 254 g/mol. The number of likely N-dealkylation sites (tertiary alicyclic amines) is 1. The van der Waals surface area contributed by atoms with E-state index in [9.17, 15) is 5.11 Å². The molecule has 1 fully saturated rings. The second kappa shape index (κ2) is 5.77. The van der Waals surface area contributed by atoms with E-state index >= 15 is 0 Å². The summed E-state index contributed by atoms with van der Waals surface area (Å²) in [5.41, 5.74) is 0.631. The summed E-state index contributed by atoms with van der Waals surface area (Å²) in [5.74, 6) is 0.416. The number of piperidine rings is 1. The third kappa shape index (κ3) is 3.07. The van der Waals surface area contributed by atoms with Gasteiger partial charge in [-0.15, -0.1) is 10.2 Å². The molecule has 100 valence electrons. The molecule has 0 aliphatic carbocycles. The van der Waals surface area contributed by atoms with E-state index in [1.54, 1.807) is 6.92 Å². The van der Waals surface area contributed by atoms with Crippen molar-refractivity contribution in [3.05, 3.63) is 10.8 Å². The molecule has 1 aliphatic heterocycles. The molecule has 0 bridgehead atoms. The van der Waals surface area contributed by atoms with Crippen molar-refractivity contribution >= 4 is 17.5 Å². The lowest BCUT2D eigenvalue weighted by Crippen LogP contribution is -2.50. The van der Waals surface area contributed by atoms with Gasteiger partial charge < -0.3 is 15.3 Å². The fraction of sp³-hybridized carbons (Fsp3) is 0.727. The molecule has 0 spiro atoms. The first-order valence-electron chi connectivity index (χ1n) is 6.14. The van der Waals surface area contributed by atoms with Crippen molar-refractivity contribution in [2.75, 3.05) is 25.0 Å². The number of halogens is 1. The van der Waals surface area contributed by atoms with Crippen LogP contribution in [0.3, 0.4) is 0 Å². The van der Waals surface area contributed by atoms with Crippen molar-refractivity contribution in [2.45, 2.75) is 32.4 Å². The molecule has 0 saturated carbocycles. The van der Waals surface area contributed by atoms with Gasteiger partial charge in [0.2, 0.25) is 5.95 Å². The van der Waals surface area contributed by atoms with Gasteiger partial charge in [-0.2, -0.15) is 0 Å². The van der Waals surface area contributed by atoms with Crippen LogP contribution in [0.1, 0.15) is 19.0 Å². The van der Waals surface area contributed by atoms with E-state index in [0.29, 0.717) is 16.8 Å². The van der Waals surface area contributed by atoms with Crippen molar-refractivity contribution in [2.24, 2.45) is 0 Å². The molecule has 1 aromatic heterocycles. The van der Waals surface area contributed by atoms with Crippen LogP contribution >= 0.6 is 11.6 Å². The number of likely N-dealkylation sites (N-methyl/N-ethyl adjacent to an activating group) is 1. The minimum absolute atomic E-state index is 0.0684. The van der Waals surface area contributed by atoms with Gasteiger partial charge in [-0.05, 0) is 19.9 Å². The fourth-order valence-corrected chi connectivity index (χ4v) is 2.13. The number of nitrogens with one attached hydrogen (secondary N) is 1. The first-order valence-corrected chi connectivity index (χ1v) is 6.51. The van der Waals surface area contributed by atoms with Crippen LogP contribution in [-0.2, 0) is 0 Å². The first-order chi connectivity index (χ1) is 8.60. The standard InChI is InChI=1S/C11H18ClN5O/c1-3-17-5-4-9(18)8(6-17)14-11-13-7(2)10(12)15-16-11/h8-9,18H,3-6H2,1-2H3,(H,13,14,16)/t8-,9-/m0/s1. The summed E-state index contributed by atoms with van der Waals surface area (Å²) in [6.07, 6.45) is 0.373. The molecule has 0 radical (unpaired) electrons. The lowest BCUT2D eigenvalue weighted by Gasteiger charge is -2.35. The van der Waals surface area contributed by atoms with Gasteiger partial charge in [0.15, 0.2) is 5.15 Å². The monoisotopic (exact) mass is 271 g/mol. The minimum atomic E-state index is -0.382. The molecule has 1 aromatic rings. The van der Waals surface area contributed by atoms with Crippen LogP contribution in [0.15, 0.2) is 0 Å². The average Bonchev–Trinajstić information content (AvgIpc) is 2.36. The van der Waals surface area contributed by atoms with Crippen molar-refractivity contribution in [1.82, 2.24) is 20.1 Å². The zero-order chi connectivity index (χ0) is 13.1. The molecule has 6 nitrogen and oxygen atoms in total. The number of aliphatic hydroxyl groups excluding tert-OH is 1. The lowest BCUT2D eigenvalue weighted by atomic mass is 10.0. The maximum Gasteiger partial charge on any atom is 0.243 e. The fourth-order valence-electron chi connectivity index (χ4n) is 2.05. The van der Waals surface area contributed by atoms with E-state index in [4.69, 9.17) is 11.6 Å². The summed E-state index contributed by atoms with van der Waals surface area (Å²) >= 11 is 5.78. The second-order valence-electron chi connectivity index (χ2n) is 4.51. The minimum Gasteiger partial charge on any atom is -0.391 e. The number of hydrogen-bond donors (Lipinski definition) is 2. The molecule has 18 heavy (non-hydrogen) atoms. The molecule has 7 heteroatoms. The normalized spacial score (nSPS) is 25.1. The van der Waals surface area contributed by atoms with Crippen LogP contribution < -0.4 is 5.32 Å². The van der Waals surface area contributed by atoms with Crippen LogP contribution in [-0.4, -0.2) is 57.0 Å². The molecule has 2 rings (SSSR count). The average molecular weight is 272 g/mol. The summed E-state index contributed by atoms with van der Waals surface area (Å²) in [7, 11) is 0. The van der Waals surface area contributed by atoms with Crippen molar-refractivity contribution in [3.63, 3.8) is 0 Å². The Morgan fingerprint density at radius 2 is 2.28 bits per heavy atom. The Morgan fingerprint density at radius 3 is 2.94 bits per heavy atom. The van der Waals surface area contributed by atoms with Gasteiger partial charge in [0.05, 0.1) is 17.8 Å². The number of rotatable bonds is 3. The number of anilines is 1. The van der Waals surface area contributed by atoms with Crippen LogP contribution in [0, 0.1) is 6.92 Å². The highest BCUT2D eigenvalue weighted by Gasteiger charge is 2.27. The Labute approximate surface area is 111 Å². The predicted octanol–water partition coefficient (Wildman–Crippen LogP) is 0.700. The van der Waals surface area contributed by atoms with Crippen molar-refractivity contribution < 1.29 is 5.11 Å². The molecule has 2 N–H and O–H groups in total. The van der Waals surface area contributed by atoms with Crippen LogP contribution in [0.2, 0.25) is 5.15 Å². The van der Waals surface area contributed by atoms with E-state index in [2.05, 4.69) is 32.3 Å². The maximum atomic E-state index is 9.98. The molecule has 2 atom stereocenters. The highest BCUT2D eigenvalue weighted by atomic mass is 35.5. The summed E-state index contributed by atoms with van der Waals surface area (Å²) in [6.45, 7) is 6.57. The van der Waals surface area contributed by atoms with Crippen LogP contribution in [0.25, 0.3) is 0 Å². The Hall–Kier alpha value is -0.980. The second-order valence-corrected chi connectivity index (χ2v) is 4.87. The van der Waals surface area contributed by atoms with Gasteiger partial charge in [0.25, 0.3) is 0 Å². The van der Waals surface area contributed by atoms with E-state index in [-0.39, 0.29) is 12.1 Å². The van der Waals surface area contributed by atoms with E-state index in [0.717, 1.165) is 26.1 Å². The summed E-state index contributed by atoms with van der Waals surface area (Å²) in [5, 5.41) is 21.1. The Bertz CT molecular complexity index is 416. The molecule has 1 aliphatic rings. The number of aliphatic hydroxyl groups is 1. The largest absolute Gasteiger partial charge is 0.391 e. The van der Waals surface area contributed by atoms with Gasteiger partial charge in [-0.1, -0.05) is 18.5 Å². The van der Waals surface area contributed by atoms with Crippen molar-refractivity contribution in [3.8, 4) is 0 Å².